The topological polar surface area (TPSA) is 68.3 Å². The van der Waals surface area contributed by atoms with E-state index < -0.39 is 19.7 Å². The fraction of sp³-hybridized carbons (Fsp3) is 0.125. The Hall–Kier alpha value is -1.92. The molecule has 0 fully saturated rings. The van der Waals surface area contributed by atoms with E-state index in [1.165, 1.54) is 24.3 Å². The van der Waals surface area contributed by atoms with Gasteiger partial charge < -0.3 is 0 Å². The van der Waals surface area contributed by atoms with E-state index in [1.807, 2.05) is 13.8 Å². The maximum atomic E-state index is 12.1. The van der Waals surface area contributed by atoms with Crippen molar-refractivity contribution in [2.24, 2.45) is 0 Å². The average Bonchev–Trinajstić information content (AvgIpc) is 2.46. The molecule has 0 aromatic heterocycles. The van der Waals surface area contributed by atoms with Crippen LogP contribution in [0, 0.1) is 13.8 Å². The highest BCUT2D eigenvalue weighted by Crippen LogP contribution is 2.17. The summed E-state index contributed by atoms with van der Waals surface area (Å²) in [4.78, 5) is 0.127. The Balaban J connectivity index is 2.34. The van der Waals surface area contributed by atoms with Crippen LogP contribution < -0.4 is 0 Å². The van der Waals surface area contributed by atoms with Gasteiger partial charge in [0.2, 0.25) is 19.7 Å². The van der Waals surface area contributed by atoms with Gasteiger partial charge in [0.15, 0.2) is 0 Å². The lowest BCUT2D eigenvalue weighted by atomic mass is 10.2. The van der Waals surface area contributed by atoms with E-state index in [2.05, 4.69) is 0 Å². The molecule has 2 aromatic carbocycles. The van der Waals surface area contributed by atoms with E-state index in [0.29, 0.717) is 0 Å². The molecule has 0 saturated carbocycles. The summed E-state index contributed by atoms with van der Waals surface area (Å²) in [6.45, 7) is 3.68. The normalized spacial score (nSPS) is 12.6. The lowest BCUT2D eigenvalue weighted by molar-refractivity contribution is 0.600. The van der Waals surface area contributed by atoms with Gasteiger partial charge in [-0.05, 0) is 38.1 Å². The SMILES string of the molecule is Cc1ccc(S(=O)(=O)C=CS(=O)(=O)c2ccc(C)cc2)cc1. The number of rotatable bonds is 4. The van der Waals surface area contributed by atoms with Gasteiger partial charge in [-0.15, -0.1) is 0 Å². The van der Waals surface area contributed by atoms with Gasteiger partial charge in [0.25, 0.3) is 0 Å². The molecule has 2 aromatic rings. The summed E-state index contributed by atoms with van der Waals surface area (Å²) in [5.74, 6) is 0. The Morgan fingerprint density at radius 2 is 0.864 bits per heavy atom. The molecule has 6 heteroatoms. The van der Waals surface area contributed by atoms with Crippen LogP contribution in [-0.2, 0) is 19.7 Å². The molecular formula is C16H16O4S2. The van der Waals surface area contributed by atoms with Crippen molar-refractivity contribution in [3.05, 3.63) is 70.5 Å². The predicted octanol–water partition coefficient (Wildman–Crippen LogP) is 3.02. The average molecular weight is 336 g/mol. The molecule has 0 aliphatic rings. The first-order valence-electron chi connectivity index (χ1n) is 6.52. The second-order valence-corrected chi connectivity index (χ2v) is 8.66. The van der Waals surface area contributed by atoms with E-state index in [-0.39, 0.29) is 9.79 Å². The van der Waals surface area contributed by atoms with E-state index in [0.717, 1.165) is 21.9 Å². The van der Waals surface area contributed by atoms with Crippen molar-refractivity contribution in [3.8, 4) is 0 Å². The molecule has 2 rings (SSSR count). The van der Waals surface area contributed by atoms with Crippen molar-refractivity contribution >= 4 is 19.7 Å². The van der Waals surface area contributed by atoms with Crippen LogP contribution in [0.15, 0.2) is 69.1 Å². The molecule has 0 saturated heterocycles. The number of benzene rings is 2. The highest BCUT2D eigenvalue weighted by Gasteiger charge is 2.14. The Morgan fingerprint density at radius 3 is 1.14 bits per heavy atom. The fourth-order valence-electron chi connectivity index (χ4n) is 1.76. The van der Waals surface area contributed by atoms with E-state index in [9.17, 15) is 16.8 Å². The van der Waals surface area contributed by atoms with Crippen LogP contribution in [0.5, 0.6) is 0 Å². The second-order valence-electron chi connectivity index (χ2n) is 4.99. The van der Waals surface area contributed by atoms with Crippen LogP contribution in [0.25, 0.3) is 0 Å². The largest absolute Gasteiger partial charge is 0.219 e. The minimum atomic E-state index is -3.79. The molecule has 22 heavy (non-hydrogen) atoms. The van der Waals surface area contributed by atoms with Gasteiger partial charge in [0.1, 0.15) is 0 Å². The highest BCUT2D eigenvalue weighted by molar-refractivity contribution is 7.97. The second kappa shape index (κ2) is 6.06. The first kappa shape index (κ1) is 16.5. The minimum absolute atomic E-state index is 0.0634. The summed E-state index contributed by atoms with van der Waals surface area (Å²) < 4.78 is 48.5. The van der Waals surface area contributed by atoms with Crippen molar-refractivity contribution in [2.75, 3.05) is 0 Å². The molecule has 0 N–H and O–H groups in total. The zero-order chi connectivity index (χ0) is 16.4. The molecule has 0 heterocycles. The fourth-order valence-corrected chi connectivity index (χ4v) is 4.27. The van der Waals surface area contributed by atoms with Gasteiger partial charge >= 0.3 is 0 Å². The van der Waals surface area contributed by atoms with Crippen LogP contribution in [0.3, 0.4) is 0 Å². The summed E-state index contributed by atoms with van der Waals surface area (Å²) in [7, 11) is -7.57. The van der Waals surface area contributed by atoms with Crippen molar-refractivity contribution in [1.29, 1.82) is 0 Å². The van der Waals surface area contributed by atoms with Crippen molar-refractivity contribution in [1.82, 2.24) is 0 Å². The van der Waals surface area contributed by atoms with Crippen LogP contribution in [0.4, 0.5) is 0 Å². The lowest BCUT2D eigenvalue weighted by Crippen LogP contribution is -2.00. The van der Waals surface area contributed by atoms with Gasteiger partial charge in [0, 0.05) is 10.8 Å². The zero-order valence-corrected chi connectivity index (χ0v) is 13.9. The van der Waals surface area contributed by atoms with Gasteiger partial charge in [-0.3, -0.25) is 0 Å². The van der Waals surface area contributed by atoms with E-state index in [4.69, 9.17) is 0 Å². The number of sulfone groups is 2. The maximum Gasteiger partial charge on any atom is 0.200 e. The van der Waals surface area contributed by atoms with Crippen LogP contribution in [-0.4, -0.2) is 16.8 Å². The third kappa shape index (κ3) is 3.84. The summed E-state index contributed by atoms with van der Waals surface area (Å²) in [5, 5.41) is 1.46. The Morgan fingerprint density at radius 1 is 0.591 bits per heavy atom. The van der Waals surface area contributed by atoms with Crippen molar-refractivity contribution in [3.63, 3.8) is 0 Å². The highest BCUT2D eigenvalue weighted by atomic mass is 32.2. The molecule has 0 amide bonds. The molecule has 0 atom stereocenters. The zero-order valence-electron chi connectivity index (χ0n) is 12.2. The summed E-state index contributed by atoms with van der Waals surface area (Å²) in [6, 6.07) is 12.5. The number of aryl methyl sites for hydroxylation is 2. The van der Waals surface area contributed by atoms with Gasteiger partial charge in [-0.1, -0.05) is 35.4 Å². The number of hydrogen-bond donors (Lipinski definition) is 0. The quantitative estimate of drug-likeness (QED) is 0.860. The van der Waals surface area contributed by atoms with Crippen molar-refractivity contribution < 1.29 is 16.8 Å². The maximum absolute atomic E-state index is 12.1. The Bertz CT molecular complexity index is 812. The molecule has 116 valence electrons. The summed E-state index contributed by atoms with van der Waals surface area (Å²) in [6.07, 6.45) is 0. The monoisotopic (exact) mass is 336 g/mol. The van der Waals surface area contributed by atoms with Crippen molar-refractivity contribution in [2.45, 2.75) is 23.6 Å². The molecule has 4 nitrogen and oxygen atoms in total. The van der Waals surface area contributed by atoms with Crippen LogP contribution >= 0.6 is 0 Å². The lowest BCUT2D eigenvalue weighted by Gasteiger charge is -2.01. The first-order valence-corrected chi connectivity index (χ1v) is 9.62. The van der Waals surface area contributed by atoms with Gasteiger partial charge in [-0.2, -0.15) is 0 Å². The van der Waals surface area contributed by atoms with Crippen LogP contribution in [0.2, 0.25) is 0 Å². The molecule has 0 bridgehead atoms. The molecule has 0 unspecified atom stereocenters. The Kier molecular flexibility index (Phi) is 4.53. The molecule has 0 aliphatic carbocycles. The van der Waals surface area contributed by atoms with Crippen LogP contribution in [0.1, 0.15) is 11.1 Å². The third-order valence-corrected chi connectivity index (χ3v) is 6.13. The van der Waals surface area contributed by atoms with E-state index >= 15 is 0 Å². The van der Waals surface area contributed by atoms with E-state index in [1.54, 1.807) is 24.3 Å². The number of hydrogen-bond acceptors (Lipinski definition) is 4. The standard InChI is InChI=1S/C16H16O4S2/c1-13-3-7-15(8-4-13)21(17,18)11-12-22(19,20)16-9-5-14(2)6-10-16/h3-12H,1-2H3. The van der Waals surface area contributed by atoms with Gasteiger partial charge in [0.05, 0.1) is 9.79 Å². The molecular weight excluding hydrogens is 320 g/mol. The Labute approximate surface area is 131 Å². The predicted molar refractivity (Wildman–Crippen MR) is 85.9 cm³/mol. The first-order chi connectivity index (χ1) is 10.2. The third-order valence-electron chi connectivity index (χ3n) is 3.11. The summed E-state index contributed by atoms with van der Waals surface area (Å²) in [5.41, 5.74) is 1.85. The molecule has 0 radical (unpaired) electrons. The molecule has 0 spiro atoms. The molecule has 0 aliphatic heterocycles. The van der Waals surface area contributed by atoms with Gasteiger partial charge in [-0.25, -0.2) is 16.8 Å². The minimum Gasteiger partial charge on any atom is -0.219 e. The summed E-state index contributed by atoms with van der Waals surface area (Å²) >= 11 is 0. The smallest absolute Gasteiger partial charge is 0.200 e.